The van der Waals surface area contributed by atoms with Crippen LogP contribution in [0.2, 0.25) is 0 Å². The van der Waals surface area contributed by atoms with Gasteiger partial charge < -0.3 is 0 Å². The van der Waals surface area contributed by atoms with Gasteiger partial charge in [-0.3, -0.25) is 0 Å². The first-order valence-corrected chi connectivity index (χ1v) is 9.77. The zero-order valence-electron chi connectivity index (χ0n) is 14.1. The van der Waals surface area contributed by atoms with Gasteiger partial charge in [-0.05, 0) is 35.8 Å². The smallest absolute Gasteiger partial charge is 0.245 e. The van der Waals surface area contributed by atoms with E-state index in [0.29, 0.717) is 29.4 Å². The summed E-state index contributed by atoms with van der Waals surface area (Å²) >= 11 is 0. The summed E-state index contributed by atoms with van der Waals surface area (Å²) in [5.74, 6) is 2.22. The molecule has 1 aromatic carbocycles. The molecule has 2 spiro atoms. The van der Waals surface area contributed by atoms with Crippen LogP contribution in [0.25, 0.3) is 5.69 Å². The van der Waals surface area contributed by atoms with Gasteiger partial charge in [-0.2, -0.15) is 0 Å². The average molecular weight is 361 g/mol. The third-order valence-electron chi connectivity index (χ3n) is 9.19. The van der Waals surface area contributed by atoms with E-state index in [4.69, 9.17) is 9.78 Å². The van der Waals surface area contributed by atoms with E-state index in [1.54, 1.807) is 0 Å². The van der Waals surface area contributed by atoms with Crippen molar-refractivity contribution in [2.75, 3.05) is 0 Å². The molecule has 27 heavy (non-hydrogen) atoms. The van der Waals surface area contributed by atoms with Crippen molar-refractivity contribution < 1.29 is 9.78 Å². The average Bonchev–Trinajstić information content (AvgIpc) is 3.50. The number of nitrogens with zero attached hydrogens (tertiary/aromatic N) is 3. The van der Waals surface area contributed by atoms with Gasteiger partial charge in [0.1, 0.15) is 12.2 Å². The largest absolute Gasteiger partial charge is 0.352 e. The summed E-state index contributed by atoms with van der Waals surface area (Å²) in [7, 11) is 0. The predicted octanol–water partition coefficient (Wildman–Crippen LogP) is 0.657. The fourth-order valence-corrected chi connectivity index (χ4v) is 8.98. The molecule has 11 rings (SSSR count). The Bertz CT molecular complexity index is 1180. The fraction of sp³-hybridized carbons (Fsp3) is 0.500. The molecular formula is C20H15N3O4. The molecule has 4 aliphatic heterocycles. The molecule has 5 heterocycles. The first kappa shape index (κ1) is 12.9. The van der Waals surface area contributed by atoms with Crippen molar-refractivity contribution in [1.29, 1.82) is 0 Å². The molecule has 2 aromatic rings. The molecule has 5 fully saturated rings. The highest BCUT2D eigenvalue weighted by atomic mass is 17.2. The van der Waals surface area contributed by atoms with Gasteiger partial charge in [-0.15, -0.1) is 0 Å². The van der Waals surface area contributed by atoms with Crippen molar-refractivity contribution in [3.8, 4) is 5.69 Å². The van der Waals surface area contributed by atoms with Crippen molar-refractivity contribution in [2.24, 2.45) is 34.5 Å². The summed E-state index contributed by atoms with van der Waals surface area (Å²) in [6, 6.07) is 9.39. The first-order valence-electron chi connectivity index (χ1n) is 9.77. The molecule has 1 aromatic heterocycles. The van der Waals surface area contributed by atoms with Gasteiger partial charge in [0.15, 0.2) is 0 Å². The van der Waals surface area contributed by atoms with Gasteiger partial charge in [-0.1, -0.05) is 30.4 Å². The van der Waals surface area contributed by atoms with Crippen LogP contribution in [0.3, 0.4) is 0 Å². The molecule has 134 valence electrons. The van der Waals surface area contributed by atoms with Gasteiger partial charge >= 0.3 is 11.4 Å². The maximum Gasteiger partial charge on any atom is 0.352 e. The van der Waals surface area contributed by atoms with E-state index < -0.39 is 0 Å². The summed E-state index contributed by atoms with van der Waals surface area (Å²) in [5, 5.41) is 0. The highest BCUT2D eigenvalue weighted by Crippen LogP contribution is 3.05. The van der Waals surface area contributed by atoms with Crippen molar-refractivity contribution in [1.82, 2.24) is 13.9 Å². The Morgan fingerprint density at radius 2 is 1.33 bits per heavy atom. The molecule has 10 atom stereocenters. The van der Waals surface area contributed by atoms with E-state index in [1.165, 1.54) is 4.57 Å². The van der Waals surface area contributed by atoms with Crippen molar-refractivity contribution in [3.05, 3.63) is 63.5 Å². The molecule has 2 unspecified atom stereocenters. The summed E-state index contributed by atoms with van der Waals surface area (Å²) in [5.41, 5.74) is 0.152. The van der Waals surface area contributed by atoms with E-state index in [-0.39, 0.29) is 46.5 Å². The minimum atomic E-state index is -0.202. The van der Waals surface area contributed by atoms with Crippen LogP contribution < -0.4 is 11.4 Å². The summed E-state index contributed by atoms with van der Waals surface area (Å²) in [6.07, 6.45) is 4.08. The monoisotopic (exact) mass is 361 g/mol. The van der Waals surface area contributed by atoms with Crippen LogP contribution in [-0.4, -0.2) is 26.1 Å². The topological polar surface area (TPSA) is 67.4 Å². The molecule has 9 aliphatic rings. The van der Waals surface area contributed by atoms with E-state index >= 15 is 0 Å². The van der Waals surface area contributed by atoms with Gasteiger partial charge in [0, 0.05) is 10.8 Å². The standard InChI is InChI=1S/C20H15N3O4/c24-17-21(8-4-2-1-3-5-8)18(25)23-16-13-11-12(13)15(22(17)23)19-9-6-7-10(27-26-9)20(16,19)14(11)19/h1-7,9-16H/t9-,10-,11?,12-,13+,14?,15+,16+,19-,20-/m1/s1. The lowest BCUT2D eigenvalue weighted by atomic mass is 9.64. The Morgan fingerprint density at radius 3 is 1.85 bits per heavy atom. The van der Waals surface area contributed by atoms with Gasteiger partial charge in [-0.25, -0.2) is 33.3 Å². The molecule has 0 amide bonds. The second-order valence-electron chi connectivity index (χ2n) is 9.31. The van der Waals surface area contributed by atoms with Crippen molar-refractivity contribution in [2.45, 2.75) is 24.3 Å². The normalized spacial score (nSPS) is 54.8. The Balaban J connectivity index is 1.41. The Labute approximate surface area is 152 Å². The van der Waals surface area contributed by atoms with Crippen LogP contribution in [-0.2, 0) is 9.78 Å². The fourth-order valence-electron chi connectivity index (χ4n) is 8.98. The number of hydrogen-bond donors (Lipinski definition) is 0. The molecule has 0 N–H and O–H groups in total. The molecule has 0 radical (unpaired) electrons. The van der Waals surface area contributed by atoms with Gasteiger partial charge in [0.25, 0.3) is 0 Å². The molecule has 4 bridgehead atoms. The van der Waals surface area contributed by atoms with Crippen LogP contribution in [0, 0.1) is 34.5 Å². The lowest BCUT2D eigenvalue weighted by Crippen LogP contribution is -2.62. The van der Waals surface area contributed by atoms with Crippen LogP contribution in [0.15, 0.2) is 52.1 Å². The third kappa shape index (κ3) is 0.870. The summed E-state index contributed by atoms with van der Waals surface area (Å²) in [6.45, 7) is 0. The second-order valence-corrected chi connectivity index (χ2v) is 9.31. The SMILES string of the molecule is O=c1n(-c2ccccc2)c(=O)n2n1[C@H]1[C@@H]3C4C5[C@]16[C@H]1C=C[C@@H](OO1)[C@]56[C@@H]2[C@@H]43. The van der Waals surface area contributed by atoms with E-state index in [2.05, 4.69) is 12.2 Å². The predicted molar refractivity (Wildman–Crippen MR) is 90.1 cm³/mol. The molecule has 7 nitrogen and oxygen atoms in total. The zero-order chi connectivity index (χ0) is 17.4. The van der Waals surface area contributed by atoms with E-state index in [0.717, 1.165) is 0 Å². The Kier molecular flexibility index (Phi) is 1.57. The number of fused-ring (bicyclic) bond motifs is 1. The van der Waals surface area contributed by atoms with Crippen LogP contribution in [0.1, 0.15) is 12.1 Å². The van der Waals surface area contributed by atoms with Crippen molar-refractivity contribution in [3.63, 3.8) is 0 Å². The van der Waals surface area contributed by atoms with Crippen LogP contribution >= 0.6 is 0 Å². The molecule has 5 aliphatic carbocycles. The molecule has 7 heteroatoms. The molecular weight excluding hydrogens is 346 g/mol. The minimum Gasteiger partial charge on any atom is -0.245 e. The number of para-hydroxylation sites is 1. The second kappa shape index (κ2) is 3.29. The number of rotatable bonds is 1. The quantitative estimate of drug-likeness (QED) is 0.553. The minimum absolute atomic E-state index is 0.0431. The van der Waals surface area contributed by atoms with Crippen LogP contribution in [0.4, 0.5) is 0 Å². The maximum atomic E-state index is 13.5. The molecule has 1 saturated heterocycles. The Morgan fingerprint density at radius 1 is 0.778 bits per heavy atom. The van der Waals surface area contributed by atoms with Gasteiger partial charge in [0.2, 0.25) is 0 Å². The Hall–Kier alpha value is -2.38. The lowest BCUT2D eigenvalue weighted by molar-refractivity contribution is -0.403. The highest BCUT2D eigenvalue weighted by Gasteiger charge is 3.07. The van der Waals surface area contributed by atoms with Crippen LogP contribution in [0.5, 0.6) is 0 Å². The van der Waals surface area contributed by atoms with E-state index in [9.17, 15) is 9.59 Å². The number of benzene rings is 1. The van der Waals surface area contributed by atoms with Gasteiger partial charge in [0.05, 0.1) is 17.8 Å². The summed E-state index contributed by atoms with van der Waals surface area (Å²) < 4.78 is 4.97. The van der Waals surface area contributed by atoms with E-state index in [1.807, 2.05) is 39.7 Å². The maximum absolute atomic E-state index is 13.5. The lowest BCUT2D eigenvalue weighted by Gasteiger charge is -2.55. The summed E-state index contributed by atoms with van der Waals surface area (Å²) in [4.78, 5) is 38.4. The zero-order valence-corrected chi connectivity index (χ0v) is 14.1. The number of hydrogen-bond acceptors (Lipinski definition) is 4. The van der Waals surface area contributed by atoms with Crippen molar-refractivity contribution >= 4 is 0 Å². The first-order chi connectivity index (χ1) is 13.3. The highest BCUT2D eigenvalue weighted by molar-refractivity contribution is 5.55. The molecule has 4 saturated carbocycles. The third-order valence-corrected chi connectivity index (χ3v) is 9.19. The number of aromatic nitrogens is 3.